The number of hydrogen-bond donors (Lipinski definition) is 0. The molecule has 0 unspecified atom stereocenters. The third-order valence-corrected chi connectivity index (χ3v) is 8.71. The Balaban J connectivity index is 1.14. The minimum atomic E-state index is -0.557. The fourth-order valence-electron chi connectivity index (χ4n) is 5.97. The zero-order valence-electron chi connectivity index (χ0n) is 24.7. The van der Waals surface area contributed by atoms with E-state index in [1.165, 1.54) is 11.6 Å². The maximum absolute atomic E-state index is 15.5. The lowest BCUT2D eigenvalue weighted by molar-refractivity contribution is 0.0764. The van der Waals surface area contributed by atoms with Gasteiger partial charge < -0.3 is 9.80 Å². The lowest BCUT2D eigenvalue weighted by Crippen LogP contribution is -2.38. The number of anilines is 1. The van der Waals surface area contributed by atoms with Crippen molar-refractivity contribution in [1.82, 2.24) is 29.2 Å². The molecule has 1 aliphatic rings. The summed E-state index contributed by atoms with van der Waals surface area (Å²) in [5.41, 5.74) is 4.55. The van der Waals surface area contributed by atoms with Gasteiger partial charge in [-0.1, -0.05) is 24.3 Å². The highest BCUT2D eigenvalue weighted by molar-refractivity contribution is 5.95. The van der Waals surface area contributed by atoms with Crippen LogP contribution in [0.15, 0.2) is 97.7 Å². The van der Waals surface area contributed by atoms with E-state index in [9.17, 15) is 4.79 Å². The molecule has 0 atom stereocenters. The van der Waals surface area contributed by atoms with Gasteiger partial charge in [0.25, 0.3) is 5.91 Å². The van der Waals surface area contributed by atoms with Crippen LogP contribution < -0.4 is 4.90 Å². The molecule has 7 rings (SSSR count). The number of hydrogen-bond acceptors (Lipinski definition) is 6. The molecule has 1 fully saturated rings. The molecule has 0 spiro atoms. The number of fused-ring (bicyclic) bond motifs is 2. The SMILES string of the molecule is CCN(CCN(C)c1ccccn1)C(=O)c1ccc(-c2cnc3ncc(C4(c5ccc6ncccc6c5)CC4)n3c2)cc1F. The van der Waals surface area contributed by atoms with Crippen LogP contribution in [0.25, 0.3) is 27.8 Å². The zero-order valence-corrected chi connectivity index (χ0v) is 24.7. The summed E-state index contributed by atoms with van der Waals surface area (Å²) in [6.07, 6.45) is 11.1. The zero-order chi connectivity index (χ0) is 30.3. The molecule has 0 bridgehead atoms. The smallest absolute Gasteiger partial charge is 0.256 e. The lowest BCUT2D eigenvalue weighted by atomic mass is 9.91. The number of carbonyl (C=O) groups excluding carboxylic acids is 1. The maximum Gasteiger partial charge on any atom is 0.256 e. The first-order chi connectivity index (χ1) is 21.5. The van der Waals surface area contributed by atoms with Gasteiger partial charge in [-0.25, -0.2) is 19.3 Å². The molecular weight excluding hydrogens is 553 g/mol. The summed E-state index contributed by atoms with van der Waals surface area (Å²) in [4.78, 5) is 35.0. The number of halogens is 1. The highest BCUT2D eigenvalue weighted by Crippen LogP contribution is 2.53. The molecule has 0 aliphatic heterocycles. The van der Waals surface area contributed by atoms with Gasteiger partial charge in [0.15, 0.2) is 0 Å². The minimum absolute atomic E-state index is 0.0520. The Morgan fingerprint density at radius 1 is 0.909 bits per heavy atom. The third-order valence-electron chi connectivity index (χ3n) is 8.71. The monoisotopic (exact) mass is 585 g/mol. The van der Waals surface area contributed by atoms with Crippen LogP contribution in [0.3, 0.4) is 0 Å². The van der Waals surface area contributed by atoms with E-state index in [-0.39, 0.29) is 16.9 Å². The van der Waals surface area contributed by atoms with Crippen LogP contribution in [-0.4, -0.2) is 61.8 Å². The molecule has 44 heavy (non-hydrogen) atoms. The molecule has 4 aromatic heterocycles. The van der Waals surface area contributed by atoms with E-state index in [0.29, 0.717) is 31.0 Å². The van der Waals surface area contributed by atoms with Gasteiger partial charge in [-0.2, -0.15) is 0 Å². The van der Waals surface area contributed by atoms with Crippen LogP contribution in [0.2, 0.25) is 0 Å². The molecule has 8 nitrogen and oxygen atoms in total. The molecule has 4 heterocycles. The Bertz CT molecular complexity index is 1990. The van der Waals surface area contributed by atoms with Gasteiger partial charge in [0.2, 0.25) is 5.78 Å². The fraction of sp³-hybridized carbons (Fsp3) is 0.229. The predicted octanol–water partition coefficient (Wildman–Crippen LogP) is 6.16. The molecule has 1 saturated carbocycles. The van der Waals surface area contributed by atoms with Crippen LogP contribution in [-0.2, 0) is 5.41 Å². The Hall–Kier alpha value is -5.18. The fourth-order valence-corrected chi connectivity index (χ4v) is 5.97. The number of amides is 1. The Labute approximate surface area is 254 Å². The number of nitrogens with zero attached hydrogens (tertiary/aromatic N) is 7. The molecule has 9 heteroatoms. The van der Waals surface area contributed by atoms with Gasteiger partial charge in [0, 0.05) is 67.8 Å². The highest BCUT2D eigenvalue weighted by atomic mass is 19.1. The number of likely N-dealkylation sites (N-methyl/N-ethyl adjacent to an activating group) is 2. The van der Waals surface area contributed by atoms with Crippen LogP contribution in [0.5, 0.6) is 0 Å². The molecule has 0 radical (unpaired) electrons. The molecule has 2 aromatic carbocycles. The van der Waals surface area contributed by atoms with Gasteiger partial charge in [-0.15, -0.1) is 0 Å². The molecule has 1 amide bonds. The lowest BCUT2D eigenvalue weighted by Gasteiger charge is -2.25. The third kappa shape index (κ3) is 4.94. The maximum atomic E-state index is 15.5. The van der Waals surface area contributed by atoms with Crippen molar-refractivity contribution < 1.29 is 9.18 Å². The Morgan fingerprint density at radius 2 is 1.75 bits per heavy atom. The standard InChI is InChI=1S/C35H32FN7O/c1-3-42(18-17-41(2)32-8-4-5-15-38-32)33(44)28-11-9-24(20-29(28)36)26-21-39-34-40-22-31(43(34)23-26)35(13-14-35)27-10-12-30-25(19-27)7-6-16-37-30/h4-12,15-16,19-23H,3,13-14,17-18H2,1-2H3. The van der Waals surface area contributed by atoms with Crippen LogP contribution in [0.1, 0.15) is 41.4 Å². The first kappa shape index (κ1) is 27.6. The van der Waals surface area contributed by atoms with Crippen molar-refractivity contribution in [3.8, 4) is 11.1 Å². The Kier molecular flexibility index (Phi) is 7.00. The van der Waals surface area contributed by atoms with Crippen molar-refractivity contribution >= 4 is 28.4 Å². The van der Waals surface area contributed by atoms with E-state index >= 15 is 4.39 Å². The highest BCUT2D eigenvalue weighted by Gasteiger charge is 2.48. The summed E-state index contributed by atoms with van der Waals surface area (Å²) in [7, 11) is 1.93. The first-order valence-electron chi connectivity index (χ1n) is 14.9. The normalized spacial score (nSPS) is 13.7. The summed E-state index contributed by atoms with van der Waals surface area (Å²) in [5, 5.41) is 1.11. The van der Waals surface area contributed by atoms with Gasteiger partial charge >= 0.3 is 0 Å². The van der Waals surface area contributed by atoms with Crippen LogP contribution in [0.4, 0.5) is 10.2 Å². The second kappa shape index (κ2) is 11.1. The average Bonchev–Trinajstić information content (AvgIpc) is 3.76. The summed E-state index contributed by atoms with van der Waals surface area (Å²) < 4.78 is 17.5. The number of benzene rings is 2. The summed E-state index contributed by atoms with van der Waals surface area (Å²) in [6, 6.07) is 21.0. The van der Waals surface area contributed by atoms with E-state index in [1.807, 2.05) is 66.1 Å². The molecule has 220 valence electrons. The van der Waals surface area contributed by atoms with E-state index in [4.69, 9.17) is 0 Å². The summed E-state index contributed by atoms with van der Waals surface area (Å²) in [5.74, 6) is 0.524. The van der Waals surface area contributed by atoms with Crippen molar-refractivity contribution in [3.63, 3.8) is 0 Å². The van der Waals surface area contributed by atoms with Crippen LogP contribution >= 0.6 is 0 Å². The average molecular weight is 586 g/mol. The number of imidazole rings is 1. The quantitative estimate of drug-likeness (QED) is 0.202. The molecule has 1 aliphatic carbocycles. The number of pyridine rings is 2. The van der Waals surface area contributed by atoms with Gasteiger partial charge in [0.1, 0.15) is 11.6 Å². The Morgan fingerprint density at radius 3 is 2.52 bits per heavy atom. The van der Waals surface area contributed by atoms with Gasteiger partial charge in [-0.3, -0.25) is 14.2 Å². The largest absolute Gasteiger partial charge is 0.358 e. The molecule has 0 saturated heterocycles. The van der Waals surface area contributed by atoms with E-state index < -0.39 is 5.82 Å². The van der Waals surface area contributed by atoms with Crippen molar-refractivity contribution in [2.75, 3.05) is 31.6 Å². The minimum Gasteiger partial charge on any atom is -0.358 e. The molecule has 0 N–H and O–H groups in total. The van der Waals surface area contributed by atoms with Crippen LogP contribution in [0, 0.1) is 5.82 Å². The van der Waals surface area contributed by atoms with Crippen molar-refractivity contribution in [1.29, 1.82) is 0 Å². The summed E-state index contributed by atoms with van der Waals surface area (Å²) in [6.45, 7) is 3.39. The second-order valence-electron chi connectivity index (χ2n) is 11.3. The van der Waals surface area contributed by atoms with Crippen molar-refractivity contribution in [2.45, 2.75) is 25.2 Å². The summed E-state index contributed by atoms with van der Waals surface area (Å²) >= 11 is 0. The predicted molar refractivity (Wildman–Crippen MR) is 169 cm³/mol. The molecule has 6 aromatic rings. The van der Waals surface area contributed by atoms with E-state index in [2.05, 4.69) is 44.2 Å². The first-order valence-corrected chi connectivity index (χ1v) is 14.9. The number of rotatable bonds is 9. The topological polar surface area (TPSA) is 79.5 Å². The number of aromatic nitrogens is 5. The van der Waals surface area contributed by atoms with E-state index in [0.717, 1.165) is 40.8 Å². The van der Waals surface area contributed by atoms with Crippen molar-refractivity contribution in [2.24, 2.45) is 0 Å². The van der Waals surface area contributed by atoms with Gasteiger partial charge in [0.05, 0.1) is 23.0 Å². The van der Waals surface area contributed by atoms with Crippen molar-refractivity contribution in [3.05, 3.63) is 120 Å². The van der Waals surface area contributed by atoms with Gasteiger partial charge in [-0.05, 0) is 73.4 Å². The molecular formula is C35H32FN7O. The number of carbonyl (C=O) groups is 1. The van der Waals surface area contributed by atoms with E-state index in [1.54, 1.807) is 29.4 Å². The second-order valence-corrected chi connectivity index (χ2v) is 11.3.